The molecule has 0 fully saturated rings. The van der Waals surface area contributed by atoms with Gasteiger partial charge in [-0.3, -0.25) is 9.67 Å². The molecule has 0 bridgehead atoms. The zero-order chi connectivity index (χ0) is 13.4. The zero-order valence-corrected chi connectivity index (χ0v) is 13.4. The molecule has 2 heterocycles. The van der Waals surface area contributed by atoms with Gasteiger partial charge in [-0.2, -0.15) is 5.10 Å². The molecule has 0 unspecified atom stereocenters. The number of nitrogens with one attached hydrogen (secondary N) is 1. The Morgan fingerprint density at radius 3 is 2.95 bits per heavy atom. The standard InChI is InChI=1S/C12H7BrClN3S2/c13-7-3-4-8(14)9(6-7)17-11(15-16-12(17)18)10-2-1-5-19-10/h1-6H,(H,16,18). The van der Waals surface area contributed by atoms with Crippen LogP contribution in [0.1, 0.15) is 0 Å². The van der Waals surface area contributed by atoms with E-state index in [2.05, 4.69) is 26.1 Å². The van der Waals surface area contributed by atoms with Crippen LogP contribution in [0.4, 0.5) is 0 Å². The third-order valence-corrected chi connectivity index (χ3v) is 4.52. The molecule has 0 saturated heterocycles. The Morgan fingerprint density at radius 2 is 2.21 bits per heavy atom. The summed E-state index contributed by atoms with van der Waals surface area (Å²) in [7, 11) is 0. The molecule has 0 aliphatic carbocycles. The summed E-state index contributed by atoms with van der Waals surface area (Å²) in [5, 5.41) is 9.73. The molecule has 0 radical (unpaired) electrons. The van der Waals surface area contributed by atoms with Gasteiger partial charge in [-0.1, -0.05) is 33.6 Å². The summed E-state index contributed by atoms with van der Waals surface area (Å²) < 4.78 is 3.30. The summed E-state index contributed by atoms with van der Waals surface area (Å²) in [5.74, 6) is 0.764. The maximum absolute atomic E-state index is 6.27. The van der Waals surface area contributed by atoms with E-state index in [4.69, 9.17) is 23.8 Å². The molecule has 2 aromatic heterocycles. The second kappa shape index (κ2) is 5.20. The van der Waals surface area contributed by atoms with Crippen molar-refractivity contribution in [1.82, 2.24) is 14.8 Å². The van der Waals surface area contributed by atoms with Gasteiger partial charge in [0.1, 0.15) is 0 Å². The number of H-pyrrole nitrogens is 1. The van der Waals surface area contributed by atoms with Gasteiger partial charge in [-0.15, -0.1) is 11.3 Å². The predicted molar refractivity (Wildman–Crippen MR) is 84.8 cm³/mol. The van der Waals surface area contributed by atoms with Crippen LogP contribution in [-0.2, 0) is 0 Å². The summed E-state index contributed by atoms with van der Waals surface area (Å²) in [4.78, 5) is 1.03. The van der Waals surface area contributed by atoms with Crippen LogP contribution in [0.5, 0.6) is 0 Å². The zero-order valence-electron chi connectivity index (χ0n) is 9.43. The van der Waals surface area contributed by atoms with Crippen LogP contribution in [0.3, 0.4) is 0 Å². The van der Waals surface area contributed by atoms with E-state index in [9.17, 15) is 0 Å². The van der Waals surface area contributed by atoms with Crippen molar-refractivity contribution < 1.29 is 0 Å². The van der Waals surface area contributed by atoms with Crippen molar-refractivity contribution in [2.24, 2.45) is 0 Å². The summed E-state index contributed by atoms with van der Waals surface area (Å²) >= 11 is 16.6. The molecule has 0 amide bonds. The number of hydrogen-bond donors (Lipinski definition) is 1. The van der Waals surface area contributed by atoms with E-state index in [0.29, 0.717) is 9.79 Å². The number of hydrogen-bond acceptors (Lipinski definition) is 3. The Balaban J connectivity index is 2.29. The van der Waals surface area contributed by atoms with Gasteiger partial charge in [-0.05, 0) is 41.9 Å². The van der Waals surface area contributed by atoms with E-state index in [-0.39, 0.29) is 0 Å². The van der Waals surface area contributed by atoms with Crippen molar-refractivity contribution in [1.29, 1.82) is 0 Å². The van der Waals surface area contributed by atoms with Gasteiger partial charge in [0.05, 0.1) is 15.6 Å². The van der Waals surface area contributed by atoms with E-state index >= 15 is 0 Å². The van der Waals surface area contributed by atoms with Crippen LogP contribution in [-0.4, -0.2) is 14.8 Å². The number of nitrogens with zero attached hydrogens (tertiary/aromatic N) is 2. The smallest absolute Gasteiger partial charge is 0.200 e. The van der Waals surface area contributed by atoms with Crippen molar-refractivity contribution in [2.45, 2.75) is 0 Å². The lowest BCUT2D eigenvalue weighted by Gasteiger charge is -2.08. The highest BCUT2D eigenvalue weighted by Crippen LogP contribution is 2.30. The fourth-order valence-electron chi connectivity index (χ4n) is 1.75. The molecule has 3 aromatic rings. The van der Waals surface area contributed by atoms with Gasteiger partial charge < -0.3 is 0 Å². The van der Waals surface area contributed by atoms with Gasteiger partial charge in [0.25, 0.3) is 0 Å². The molecule has 0 saturated carbocycles. The third-order valence-electron chi connectivity index (χ3n) is 2.56. The predicted octanol–water partition coefficient (Wildman–Crippen LogP) is 5.07. The average Bonchev–Trinajstić information content (AvgIpc) is 3.01. The Morgan fingerprint density at radius 1 is 1.37 bits per heavy atom. The van der Waals surface area contributed by atoms with Crippen LogP contribution in [0.15, 0.2) is 40.2 Å². The lowest BCUT2D eigenvalue weighted by atomic mass is 10.3. The monoisotopic (exact) mass is 371 g/mol. The van der Waals surface area contributed by atoms with Gasteiger partial charge in [0.15, 0.2) is 10.6 Å². The van der Waals surface area contributed by atoms with E-state index in [1.54, 1.807) is 11.3 Å². The number of thiophene rings is 1. The second-order valence-electron chi connectivity index (χ2n) is 3.76. The minimum Gasteiger partial charge on any atom is -0.266 e. The largest absolute Gasteiger partial charge is 0.266 e. The number of aromatic amines is 1. The Bertz CT molecular complexity index is 777. The van der Waals surface area contributed by atoms with Crippen LogP contribution < -0.4 is 0 Å². The Kier molecular flexibility index (Phi) is 3.58. The summed E-state index contributed by atoms with van der Waals surface area (Å²) in [6.45, 7) is 0. The van der Waals surface area contributed by atoms with Gasteiger partial charge in [-0.25, -0.2) is 0 Å². The third kappa shape index (κ3) is 2.41. The van der Waals surface area contributed by atoms with Gasteiger partial charge in [0, 0.05) is 4.47 Å². The molecule has 1 aromatic carbocycles. The van der Waals surface area contributed by atoms with Crippen molar-refractivity contribution in [3.8, 4) is 16.4 Å². The second-order valence-corrected chi connectivity index (χ2v) is 6.42. The minimum absolute atomic E-state index is 0.517. The van der Waals surface area contributed by atoms with Crippen molar-refractivity contribution >= 4 is 51.1 Å². The first kappa shape index (κ1) is 13.1. The quantitative estimate of drug-likeness (QED) is 0.637. The van der Waals surface area contributed by atoms with E-state index in [1.165, 1.54) is 0 Å². The number of aromatic nitrogens is 3. The van der Waals surface area contributed by atoms with Crippen LogP contribution in [0.2, 0.25) is 5.02 Å². The SMILES string of the molecule is S=c1[nH]nc(-c2cccs2)n1-c1cc(Br)ccc1Cl. The molecule has 1 N–H and O–H groups in total. The topological polar surface area (TPSA) is 33.6 Å². The van der Waals surface area contributed by atoms with Crippen molar-refractivity contribution in [2.75, 3.05) is 0 Å². The maximum atomic E-state index is 6.27. The molecular weight excluding hydrogens is 366 g/mol. The first-order valence-electron chi connectivity index (χ1n) is 5.33. The van der Waals surface area contributed by atoms with E-state index in [1.807, 2.05) is 40.3 Å². The lowest BCUT2D eigenvalue weighted by molar-refractivity contribution is 1.04. The molecule has 3 rings (SSSR count). The summed E-state index contributed by atoms with van der Waals surface area (Å²) in [6, 6.07) is 9.61. The fourth-order valence-corrected chi connectivity index (χ4v) is 3.23. The highest BCUT2D eigenvalue weighted by atomic mass is 79.9. The summed E-state index contributed by atoms with van der Waals surface area (Å²) in [6.07, 6.45) is 0. The molecule has 0 aliphatic heterocycles. The first-order valence-corrected chi connectivity index (χ1v) is 7.79. The van der Waals surface area contributed by atoms with Crippen molar-refractivity contribution in [3.05, 3.63) is 50.0 Å². The lowest BCUT2D eigenvalue weighted by Crippen LogP contribution is -1.97. The molecule has 96 valence electrons. The van der Waals surface area contributed by atoms with Gasteiger partial charge in [0.2, 0.25) is 0 Å². The Hall–Kier alpha value is -0.950. The summed E-state index contributed by atoms with van der Waals surface area (Å²) in [5.41, 5.74) is 0.804. The number of halogens is 2. The highest BCUT2D eigenvalue weighted by molar-refractivity contribution is 9.10. The first-order chi connectivity index (χ1) is 9.16. The van der Waals surface area contributed by atoms with Crippen LogP contribution in [0, 0.1) is 4.77 Å². The highest BCUT2D eigenvalue weighted by Gasteiger charge is 2.14. The molecule has 3 nitrogen and oxygen atoms in total. The van der Waals surface area contributed by atoms with E-state index in [0.717, 1.165) is 20.9 Å². The molecular formula is C12H7BrClN3S2. The molecule has 0 atom stereocenters. The number of rotatable bonds is 2. The van der Waals surface area contributed by atoms with Gasteiger partial charge >= 0.3 is 0 Å². The van der Waals surface area contributed by atoms with Crippen LogP contribution >= 0.6 is 51.1 Å². The number of benzene rings is 1. The maximum Gasteiger partial charge on any atom is 0.200 e. The molecule has 7 heteroatoms. The normalized spacial score (nSPS) is 10.8. The Labute approximate surface area is 132 Å². The molecule has 0 spiro atoms. The minimum atomic E-state index is 0.517. The average molecular weight is 373 g/mol. The van der Waals surface area contributed by atoms with E-state index < -0.39 is 0 Å². The van der Waals surface area contributed by atoms with Crippen molar-refractivity contribution in [3.63, 3.8) is 0 Å². The van der Waals surface area contributed by atoms with Crippen LogP contribution in [0.25, 0.3) is 16.4 Å². The molecule has 0 aliphatic rings. The fraction of sp³-hybridized carbons (Fsp3) is 0. The molecule has 19 heavy (non-hydrogen) atoms.